The molecular weight excluding hydrogens is 290 g/mol. The van der Waals surface area contributed by atoms with Crippen molar-refractivity contribution in [2.24, 2.45) is 7.05 Å². The lowest BCUT2D eigenvalue weighted by Gasteiger charge is -2.29. The third-order valence-electron chi connectivity index (χ3n) is 4.29. The van der Waals surface area contributed by atoms with E-state index in [0.29, 0.717) is 5.92 Å². The molecule has 1 aliphatic heterocycles. The molecule has 1 aliphatic rings. The lowest BCUT2D eigenvalue weighted by molar-refractivity contribution is 0.670. The molecule has 118 valence electrons. The number of hydrogen-bond donors (Lipinski definition) is 0. The SMILES string of the molecule is CC(C)c1ncc2c(n1)CN(c1ncnc3c1cnn3C)CC2. The van der Waals surface area contributed by atoms with Crippen LogP contribution in [-0.4, -0.2) is 36.3 Å². The maximum absolute atomic E-state index is 4.76. The predicted molar refractivity (Wildman–Crippen MR) is 87.2 cm³/mol. The summed E-state index contributed by atoms with van der Waals surface area (Å²) >= 11 is 0. The van der Waals surface area contributed by atoms with Crippen molar-refractivity contribution in [3.05, 3.63) is 35.8 Å². The zero-order chi connectivity index (χ0) is 16.0. The Labute approximate surface area is 134 Å². The highest BCUT2D eigenvalue weighted by atomic mass is 15.3. The van der Waals surface area contributed by atoms with Crippen molar-refractivity contribution in [2.75, 3.05) is 11.4 Å². The minimum atomic E-state index is 0.333. The largest absolute Gasteiger partial charge is 0.350 e. The molecule has 0 saturated carbocycles. The van der Waals surface area contributed by atoms with Crippen LogP contribution in [0.3, 0.4) is 0 Å². The van der Waals surface area contributed by atoms with Gasteiger partial charge in [-0.25, -0.2) is 19.9 Å². The van der Waals surface area contributed by atoms with Crippen LogP contribution in [-0.2, 0) is 20.0 Å². The van der Waals surface area contributed by atoms with Gasteiger partial charge < -0.3 is 4.90 Å². The van der Waals surface area contributed by atoms with Crippen molar-refractivity contribution >= 4 is 16.9 Å². The minimum Gasteiger partial charge on any atom is -0.350 e. The van der Waals surface area contributed by atoms with Crippen LogP contribution in [0, 0.1) is 0 Å². The van der Waals surface area contributed by atoms with Crippen molar-refractivity contribution in [3.8, 4) is 0 Å². The number of aryl methyl sites for hydroxylation is 1. The van der Waals surface area contributed by atoms with Gasteiger partial charge in [-0.05, 0) is 12.0 Å². The first kappa shape index (κ1) is 14.0. The Hall–Kier alpha value is -2.57. The van der Waals surface area contributed by atoms with E-state index in [1.54, 1.807) is 11.0 Å². The number of hydrogen-bond acceptors (Lipinski definition) is 6. The molecule has 0 spiro atoms. The zero-order valence-corrected chi connectivity index (χ0v) is 13.6. The van der Waals surface area contributed by atoms with Gasteiger partial charge in [-0.2, -0.15) is 5.10 Å². The fourth-order valence-electron chi connectivity index (χ4n) is 2.98. The van der Waals surface area contributed by atoms with E-state index in [4.69, 9.17) is 4.98 Å². The molecule has 0 amide bonds. The van der Waals surface area contributed by atoms with Crippen LogP contribution < -0.4 is 4.90 Å². The van der Waals surface area contributed by atoms with Crippen molar-refractivity contribution in [2.45, 2.75) is 32.7 Å². The topological polar surface area (TPSA) is 72.6 Å². The van der Waals surface area contributed by atoms with E-state index in [-0.39, 0.29) is 0 Å². The van der Waals surface area contributed by atoms with Crippen LogP contribution in [0.15, 0.2) is 18.7 Å². The highest BCUT2D eigenvalue weighted by Crippen LogP contribution is 2.27. The van der Waals surface area contributed by atoms with Gasteiger partial charge in [0.15, 0.2) is 5.65 Å². The molecule has 0 saturated heterocycles. The number of anilines is 1. The van der Waals surface area contributed by atoms with Crippen molar-refractivity contribution in [3.63, 3.8) is 0 Å². The maximum Gasteiger partial charge on any atom is 0.163 e. The Morgan fingerprint density at radius 2 is 2.00 bits per heavy atom. The molecule has 0 N–H and O–H groups in total. The molecule has 3 aromatic heterocycles. The second-order valence-electron chi connectivity index (χ2n) is 6.23. The van der Waals surface area contributed by atoms with Gasteiger partial charge in [0.1, 0.15) is 18.0 Å². The van der Waals surface area contributed by atoms with E-state index < -0.39 is 0 Å². The average Bonchev–Trinajstić information content (AvgIpc) is 2.95. The van der Waals surface area contributed by atoms with E-state index in [9.17, 15) is 0 Å². The third-order valence-corrected chi connectivity index (χ3v) is 4.29. The van der Waals surface area contributed by atoms with Gasteiger partial charge in [-0.1, -0.05) is 13.8 Å². The van der Waals surface area contributed by atoms with Crippen molar-refractivity contribution in [1.82, 2.24) is 29.7 Å². The first-order chi connectivity index (χ1) is 11.1. The summed E-state index contributed by atoms with van der Waals surface area (Å²) in [7, 11) is 1.90. The van der Waals surface area contributed by atoms with E-state index in [2.05, 4.69) is 38.8 Å². The molecule has 0 aromatic carbocycles. The summed E-state index contributed by atoms with van der Waals surface area (Å²) in [5.41, 5.74) is 3.19. The van der Waals surface area contributed by atoms with E-state index in [1.165, 1.54) is 5.56 Å². The zero-order valence-electron chi connectivity index (χ0n) is 13.6. The highest BCUT2D eigenvalue weighted by Gasteiger charge is 2.22. The Balaban J connectivity index is 1.73. The molecule has 0 atom stereocenters. The summed E-state index contributed by atoms with van der Waals surface area (Å²) in [5, 5.41) is 5.28. The summed E-state index contributed by atoms with van der Waals surface area (Å²) in [4.78, 5) is 20.3. The van der Waals surface area contributed by atoms with Crippen LogP contribution in [0.25, 0.3) is 11.0 Å². The van der Waals surface area contributed by atoms with E-state index in [1.807, 2.05) is 19.4 Å². The van der Waals surface area contributed by atoms with Gasteiger partial charge in [0.05, 0.1) is 23.8 Å². The number of aromatic nitrogens is 6. The maximum atomic E-state index is 4.76. The van der Waals surface area contributed by atoms with E-state index >= 15 is 0 Å². The smallest absolute Gasteiger partial charge is 0.163 e. The third kappa shape index (κ3) is 2.32. The first-order valence-electron chi connectivity index (χ1n) is 7.86. The van der Waals surface area contributed by atoms with Crippen molar-refractivity contribution < 1.29 is 0 Å². The Morgan fingerprint density at radius 1 is 1.13 bits per heavy atom. The number of fused-ring (bicyclic) bond motifs is 2. The lowest BCUT2D eigenvalue weighted by Crippen LogP contribution is -2.32. The second-order valence-corrected chi connectivity index (χ2v) is 6.23. The van der Waals surface area contributed by atoms with Crippen LogP contribution in [0.1, 0.15) is 36.8 Å². The standard InChI is InChI=1S/C16H19N7/c1-10(2)14-17-6-11-4-5-23(8-13(11)21-14)16-12-7-20-22(3)15(12)18-9-19-16/h6-7,9-10H,4-5,8H2,1-3H3. The molecule has 23 heavy (non-hydrogen) atoms. The Kier molecular flexibility index (Phi) is 3.21. The molecule has 4 heterocycles. The molecule has 0 bridgehead atoms. The van der Waals surface area contributed by atoms with Gasteiger partial charge in [0, 0.05) is 25.7 Å². The van der Waals surface area contributed by atoms with Crippen LogP contribution in [0.2, 0.25) is 0 Å². The van der Waals surface area contributed by atoms with Crippen molar-refractivity contribution in [1.29, 1.82) is 0 Å². The summed E-state index contributed by atoms with van der Waals surface area (Å²) in [6.45, 7) is 5.88. The number of rotatable bonds is 2. The second kappa shape index (κ2) is 5.26. The van der Waals surface area contributed by atoms with Crippen LogP contribution in [0.4, 0.5) is 5.82 Å². The van der Waals surface area contributed by atoms with Gasteiger partial charge in [0.25, 0.3) is 0 Å². The molecular formula is C16H19N7. The molecule has 3 aromatic rings. The summed E-state index contributed by atoms with van der Waals surface area (Å²) in [5.74, 6) is 2.16. The molecule has 0 radical (unpaired) electrons. The van der Waals surface area contributed by atoms with Gasteiger partial charge >= 0.3 is 0 Å². The summed E-state index contributed by atoms with van der Waals surface area (Å²) in [6, 6.07) is 0. The van der Waals surface area contributed by atoms with Gasteiger partial charge in [-0.15, -0.1) is 0 Å². The molecule has 7 nitrogen and oxygen atoms in total. The lowest BCUT2D eigenvalue weighted by atomic mass is 10.1. The Bertz CT molecular complexity index is 868. The molecule has 0 aliphatic carbocycles. The number of nitrogens with zero attached hydrogens (tertiary/aromatic N) is 7. The summed E-state index contributed by atoms with van der Waals surface area (Å²) < 4.78 is 1.78. The first-order valence-corrected chi connectivity index (χ1v) is 7.86. The predicted octanol–water partition coefficient (Wildman–Crippen LogP) is 1.84. The Morgan fingerprint density at radius 3 is 2.83 bits per heavy atom. The molecule has 0 unspecified atom stereocenters. The highest BCUT2D eigenvalue weighted by molar-refractivity contribution is 5.86. The average molecular weight is 309 g/mol. The molecule has 0 fully saturated rings. The minimum absolute atomic E-state index is 0.333. The summed E-state index contributed by atoms with van der Waals surface area (Å²) in [6.07, 6.45) is 6.35. The van der Waals surface area contributed by atoms with Crippen LogP contribution in [0.5, 0.6) is 0 Å². The molecule has 4 rings (SSSR count). The quantitative estimate of drug-likeness (QED) is 0.719. The van der Waals surface area contributed by atoms with E-state index in [0.717, 1.165) is 47.9 Å². The van der Waals surface area contributed by atoms with Gasteiger partial charge in [0.2, 0.25) is 0 Å². The normalized spacial score (nSPS) is 14.5. The molecule has 7 heteroatoms. The fraction of sp³-hybridized carbons (Fsp3) is 0.438. The van der Waals surface area contributed by atoms with Crippen LogP contribution >= 0.6 is 0 Å². The van der Waals surface area contributed by atoms with Gasteiger partial charge in [-0.3, -0.25) is 4.68 Å². The fourth-order valence-corrected chi connectivity index (χ4v) is 2.98. The monoisotopic (exact) mass is 309 g/mol.